The Kier molecular flexibility index (Phi) is 7.87. The summed E-state index contributed by atoms with van der Waals surface area (Å²) in [6.45, 7) is 3.83. The number of hydrogen-bond donors (Lipinski definition) is 3. The number of rotatable bonds is 8. The lowest BCUT2D eigenvalue weighted by molar-refractivity contribution is -0.139. The molecule has 3 N–H and O–H groups in total. The number of carboxylic acids is 1. The summed E-state index contributed by atoms with van der Waals surface area (Å²) in [4.78, 5) is 33.7. The highest BCUT2D eigenvalue weighted by Gasteiger charge is 2.14. The van der Waals surface area contributed by atoms with Crippen molar-refractivity contribution in [1.82, 2.24) is 0 Å². The lowest BCUT2D eigenvalue weighted by Crippen LogP contribution is -2.15. The number of aryl methyl sites for hydroxylation is 1. The summed E-state index contributed by atoms with van der Waals surface area (Å²) in [5.74, 6) is -1.80. The van der Waals surface area contributed by atoms with Crippen LogP contribution >= 0.6 is 23.2 Å². The van der Waals surface area contributed by atoms with Gasteiger partial charge in [-0.2, -0.15) is 0 Å². The van der Waals surface area contributed by atoms with Gasteiger partial charge in [-0.3, -0.25) is 14.4 Å². The first-order valence-corrected chi connectivity index (χ1v) is 9.47. The van der Waals surface area contributed by atoms with Crippen LogP contribution in [-0.4, -0.2) is 22.9 Å². The molecule has 0 fully saturated rings. The number of halogens is 2. The first kappa shape index (κ1) is 22.5. The first-order chi connectivity index (χ1) is 13.7. The van der Waals surface area contributed by atoms with Crippen molar-refractivity contribution in [2.24, 2.45) is 0 Å². The molecule has 154 valence electrons. The van der Waals surface area contributed by atoms with E-state index < -0.39 is 18.3 Å². The number of aliphatic carboxylic acids is 1. The number of anilines is 2. The van der Waals surface area contributed by atoms with Gasteiger partial charge in [0.2, 0.25) is 11.8 Å². The topological polar surface area (TPSA) is 105 Å². The van der Waals surface area contributed by atoms with Crippen molar-refractivity contribution in [3.8, 4) is 5.75 Å². The zero-order chi connectivity index (χ0) is 21.6. The quantitative estimate of drug-likeness (QED) is 0.520. The van der Waals surface area contributed by atoms with Gasteiger partial charge in [-0.15, -0.1) is 0 Å². The van der Waals surface area contributed by atoms with Crippen LogP contribution in [0.2, 0.25) is 10.0 Å². The largest absolute Gasteiger partial charge is 0.486 e. The van der Waals surface area contributed by atoms with Crippen molar-refractivity contribution in [2.75, 3.05) is 10.6 Å². The highest BCUT2D eigenvalue weighted by atomic mass is 35.5. The summed E-state index contributed by atoms with van der Waals surface area (Å²) in [5, 5.41) is 14.2. The minimum atomic E-state index is -1.24. The van der Waals surface area contributed by atoms with E-state index in [-0.39, 0.29) is 34.0 Å². The molecule has 0 bridgehead atoms. The summed E-state index contributed by atoms with van der Waals surface area (Å²) in [6.07, 6.45) is -0.294. The van der Waals surface area contributed by atoms with Crippen molar-refractivity contribution in [3.05, 3.63) is 51.5 Å². The molecule has 0 unspecified atom stereocenters. The maximum atomic E-state index is 11.6. The van der Waals surface area contributed by atoms with E-state index in [1.807, 2.05) is 19.1 Å². The van der Waals surface area contributed by atoms with Gasteiger partial charge in [0, 0.05) is 17.8 Å². The van der Waals surface area contributed by atoms with Crippen molar-refractivity contribution in [2.45, 2.75) is 33.3 Å². The minimum Gasteiger partial charge on any atom is -0.486 e. The third-order valence-corrected chi connectivity index (χ3v) is 4.28. The molecular weight excluding hydrogens is 419 g/mol. The van der Waals surface area contributed by atoms with Crippen molar-refractivity contribution in [1.29, 1.82) is 0 Å². The van der Waals surface area contributed by atoms with E-state index in [1.165, 1.54) is 12.1 Å². The normalized spacial score (nSPS) is 10.3. The maximum absolute atomic E-state index is 11.6. The highest BCUT2D eigenvalue weighted by Crippen LogP contribution is 2.36. The third kappa shape index (κ3) is 6.96. The summed E-state index contributed by atoms with van der Waals surface area (Å²) in [7, 11) is 0. The monoisotopic (exact) mass is 438 g/mol. The van der Waals surface area contributed by atoms with Gasteiger partial charge >= 0.3 is 5.97 Å². The molecule has 2 aromatic rings. The molecule has 0 heterocycles. The molecule has 0 saturated heterocycles. The molecule has 0 aromatic heterocycles. The number of amides is 2. The third-order valence-electron chi connectivity index (χ3n) is 3.72. The molecule has 2 rings (SSSR count). The number of carbonyl (C=O) groups is 3. The van der Waals surface area contributed by atoms with Gasteiger partial charge in [0.15, 0.2) is 5.75 Å². The summed E-state index contributed by atoms with van der Waals surface area (Å²) in [5.41, 5.74) is 2.69. The molecule has 2 aromatic carbocycles. The van der Waals surface area contributed by atoms with Crippen LogP contribution in [0, 0.1) is 6.92 Å². The number of carbonyl (C=O) groups excluding carboxylic acids is 2. The first-order valence-electron chi connectivity index (χ1n) is 8.71. The molecule has 0 radical (unpaired) electrons. The maximum Gasteiger partial charge on any atom is 0.312 e. The SMILES string of the molecule is CCC(=O)Nc1cc(C)cc(COc2c(Cl)cc(NC(=O)CC(=O)O)cc2Cl)c1. The Bertz CT molecular complexity index is 923. The molecule has 2 amide bonds. The molecule has 0 saturated carbocycles. The molecule has 29 heavy (non-hydrogen) atoms. The van der Waals surface area contributed by atoms with Gasteiger partial charge in [0.05, 0.1) is 10.0 Å². The van der Waals surface area contributed by atoms with Crippen LogP contribution < -0.4 is 15.4 Å². The second-order valence-electron chi connectivity index (χ2n) is 6.29. The zero-order valence-corrected chi connectivity index (χ0v) is 17.4. The molecule has 0 aliphatic carbocycles. The van der Waals surface area contributed by atoms with Crippen LogP contribution in [0.3, 0.4) is 0 Å². The molecule has 0 atom stereocenters. The van der Waals surface area contributed by atoms with Crippen LogP contribution in [0.1, 0.15) is 30.9 Å². The minimum absolute atomic E-state index is 0.0888. The van der Waals surface area contributed by atoms with E-state index in [0.29, 0.717) is 12.1 Å². The fourth-order valence-electron chi connectivity index (χ4n) is 2.54. The number of nitrogens with one attached hydrogen (secondary N) is 2. The van der Waals surface area contributed by atoms with E-state index in [1.54, 1.807) is 13.0 Å². The lowest BCUT2D eigenvalue weighted by atomic mass is 10.1. The lowest BCUT2D eigenvalue weighted by Gasteiger charge is -2.14. The van der Waals surface area contributed by atoms with E-state index in [9.17, 15) is 14.4 Å². The fraction of sp³-hybridized carbons (Fsp3) is 0.250. The highest BCUT2D eigenvalue weighted by molar-refractivity contribution is 6.37. The van der Waals surface area contributed by atoms with Gasteiger partial charge in [-0.25, -0.2) is 0 Å². The fourth-order valence-corrected chi connectivity index (χ4v) is 3.13. The predicted molar refractivity (Wildman–Crippen MR) is 112 cm³/mol. The van der Waals surface area contributed by atoms with Crippen LogP contribution in [0.15, 0.2) is 30.3 Å². The van der Waals surface area contributed by atoms with Crippen LogP contribution in [0.5, 0.6) is 5.75 Å². The van der Waals surface area contributed by atoms with Crippen molar-refractivity contribution >= 4 is 52.4 Å². The Hall–Kier alpha value is -2.77. The molecule has 0 spiro atoms. The van der Waals surface area contributed by atoms with Gasteiger partial charge < -0.3 is 20.5 Å². The van der Waals surface area contributed by atoms with Crippen LogP contribution in [0.4, 0.5) is 11.4 Å². The van der Waals surface area contributed by atoms with Crippen molar-refractivity contribution in [3.63, 3.8) is 0 Å². The number of carboxylic acid groups (broad SMARTS) is 1. The Balaban J connectivity index is 2.12. The number of ether oxygens (including phenoxy) is 1. The Labute approximate surface area is 178 Å². The average Bonchev–Trinajstić information content (AvgIpc) is 2.59. The van der Waals surface area contributed by atoms with Gasteiger partial charge in [-0.05, 0) is 42.3 Å². The van der Waals surface area contributed by atoms with E-state index in [2.05, 4.69) is 10.6 Å². The Morgan fingerprint density at radius 2 is 1.55 bits per heavy atom. The van der Waals surface area contributed by atoms with Crippen molar-refractivity contribution < 1.29 is 24.2 Å². The molecule has 9 heteroatoms. The second-order valence-corrected chi connectivity index (χ2v) is 7.10. The van der Waals surface area contributed by atoms with Gasteiger partial charge in [-0.1, -0.05) is 36.2 Å². The standard InChI is InChI=1S/C20H20Cl2N2O5/c1-3-17(25)23-13-5-11(2)4-12(6-13)10-29-20-15(21)7-14(8-16(20)22)24-18(26)9-19(27)28/h4-8H,3,9-10H2,1-2H3,(H,23,25)(H,24,26)(H,27,28). The summed E-state index contributed by atoms with van der Waals surface area (Å²) in [6, 6.07) is 8.40. The Morgan fingerprint density at radius 3 is 2.14 bits per heavy atom. The molecule has 0 aliphatic rings. The average molecular weight is 439 g/mol. The zero-order valence-electron chi connectivity index (χ0n) is 15.8. The number of hydrogen-bond acceptors (Lipinski definition) is 4. The van der Waals surface area contributed by atoms with E-state index in [4.69, 9.17) is 33.0 Å². The number of benzene rings is 2. The van der Waals surface area contributed by atoms with Crippen LogP contribution in [-0.2, 0) is 21.0 Å². The summed E-state index contributed by atoms with van der Waals surface area (Å²) < 4.78 is 5.74. The molecular formula is C20H20Cl2N2O5. The molecule has 0 aliphatic heterocycles. The van der Waals surface area contributed by atoms with Gasteiger partial charge in [0.1, 0.15) is 13.0 Å². The predicted octanol–water partition coefficient (Wildman–Crippen LogP) is 4.64. The smallest absolute Gasteiger partial charge is 0.312 e. The van der Waals surface area contributed by atoms with E-state index in [0.717, 1.165) is 11.1 Å². The Morgan fingerprint density at radius 1 is 0.966 bits per heavy atom. The summed E-state index contributed by atoms with van der Waals surface area (Å²) >= 11 is 12.4. The molecule has 7 nitrogen and oxygen atoms in total. The van der Waals surface area contributed by atoms with E-state index >= 15 is 0 Å². The van der Waals surface area contributed by atoms with Crippen LogP contribution in [0.25, 0.3) is 0 Å². The second kappa shape index (κ2) is 10.1. The van der Waals surface area contributed by atoms with Gasteiger partial charge in [0.25, 0.3) is 0 Å².